The van der Waals surface area contributed by atoms with Crippen molar-refractivity contribution in [2.24, 2.45) is 0 Å². The number of thioether (sulfide) groups is 4. The third-order valence-electron chi connectivity index (χ3n) is 3.63. The van der Waals surface area contributed by atoms with Crippen molar-refractivity contribution in [2.45, 2.75) is 19.6 Å². The Hall–Kier alpha value is -2.46. The summed E-state index contributed by atoms with van der Waals surface area (Å²) in [6.45, 7) is 0. The monoisotopic (exact) mass is 404 g/mol. The van der Waals surface area contributed by atoms with E-state index in [-0.39, 0.29) is 0 Å². The Bertz CT molecular complexity index is 1000. The highest BCUT2D eigenvalue weighted by atomic mass is 32.2. The van der Waals surface area contributed by atoms with Gasteiger partial charge in [0.1, 0.15) is 24.3 Å². The summed E-state index contributed by atoms with van der Waals surface area (Å²) in [7, 11) is 0. The average Bonchev–Trinajstić information content (AvgIpc) is 3.28. The van der Waals surface area contributed by atoms with Gasteiger partial charge in [-0.3, -0.25) is 0 Å². The highest BCUT2D eigenvalue weighted by Gasteiger charge is 2.28. The van der Waals surface area contributed by atoms with E-state index in [2.05, 4.69) is 24.3 Å². The highest BCUT2D eigenvalue weighted by Crippen LogP contribution is 2.61. The molecule has 4 rings (SSSR count). The van der Waals surface area contributed by atoms with Crippen LogP contribution in [0.15, 0.2) is 52.3 Å². The first kappa shape index (κ1) is 17.0. The predicted octanol–water partition coefficient (Wildman–Crippen LogP) is 5.40. The van der Waals surface area contributed by atoms with Crippen molar-refractivity contribution >= 4 is 47.0 Å². The lowest BCUT2D eigenvalue weighted by atomic mass is 10.1. The molecule has 2 aromatic rings. The van der Waals surface area contributed by atoms with E-state index in [1.807, 2.05) is 0 Å². The minimum atomic E-state index is 0.387. The fourth-order valence-corrected chi connectivity index (χ4v) is 7.80. The van der Waals surface area contributed by atoms with Crippen LogP contribution in [-0.4, -0.2) is 0 Å². The Morgan fingerprint density at radius 3 is 0.885 bits per heavy atom. The standard InChI is InChI=1S/C18H4N4S4/c19-5-9-1-13-14(2-10(9)6-20)24-17(23-13)18-25-15-3-11(7-21)12(8-22)4-16(15)26-18/h1-4H. The summed E-state index contributed by atoms with van der Waals surface area (Å²) in [6, 6.07) is 15.3. The maximum absolute atomic E-state index is 9.19. The average molecular weight is 405 g/mol. The molecule has 2 heterocycles. The number of hydrogen-bond donors (Lipinski definition) is 0. The molecule has 2 aliphatic heterocycles. The number of nitrogens with zero attached hydrogens (tertiary/aromatic N) is 4. The van der Waals surface area contributed by atoms with Crippen molar-refractivity contribution < 1.29 is 0 Å². The molecular formula is C18H4N4S4. The highest BCUT2D eigenvalue weighted by molar-refractivity contribution is 8.30. The van der Waals surface area contributed by atoms with Gasteiger partial charge in [-0.05, 0) is 24.3 Å². The minimum Gasteiger partial charge on any atom is -0.192 e. The van der Waals surface area contributed by atoms with Crippen LogP contribution in [0.4, 0.5) is 0 Å². The molecule has 0 aromatic heterocycles. The Labute approximate surface area is 166 Å². The van der Waals surface area contributed by atoms with Gasteiger partial charge in [0.2, 0.25) is 0 Å². The summed E-state index contributed by atoms with van der Waals surface area (Å²) >= 11 is 6.33. The first-order chi connectivity index (χ1) is 12.7. The lowest BCUT2D eigenvalue weighted by molar-refractivity contribution is 1.23. The van der Waals surface area contributed by atoms with Gasteiger partial charge in [-0.1, -0.05) is 47.0 Å². The van der Waals surface area contributed by atoms with Crippen LogP contribution in [0.2, 0.25) is 0 Å². The van der Waals surface area contributed by atoms with E-state index in [0.29, 0.717) is 22.3 Å². The van der Waals surface area contributed by atoms with Crippen LogP contribution in [-0.2, 0) is 0 Å². The second kappa shape index (κ2) is 6.69. The van der Waals surface area contributed by atoms with Gasteiger partial charge in [0.15, 0.2) is 0 Å². The predicted molar refractivity (Wildman–Crippen MR) is 102 cm³/mol. The van der Waals surface area contributed by atoms with Gasteiger partial charge in [0, 0.05) is 19.6 Å². The largest absolute Gasteiger partial charge is 0.192 e. The maximum atomic E-state index is 9.19. The van der Waals surface area contributed by atoms with E-state index in [9.17, 15) is 21.0 Å². The summed E-state index contributed by atoms with van der Waals surface area (Å²) in [5.74, 6) is 0. The van der Waals surface area contributed by atoms with E-state index in [0.717, 1.165) is 28.1 Å². The van der Waals surface area contributed by atoms with Crippen LogP contribution >= 0.6 is 47.0 Å². The summed E-state index contributed by atoms with van der Waals surface area (Å²) < 4.78 is 2.17. The third kappa shape index (κ3) is 2.74. The smallest absolute Gasteiger partial charge is 0.101 e. The summed E-state index contributed by atoms with van der Waals surface area (Å²) in [5, 5.41) is 36.7. The van der Waals surface area contributed by atoms with Crippen LogP contribution in [0.3, 0.4) is 0 Å². The third-order valence-corrected chi connectivity index (χ3v) is 9.19. The van der Waals surface area contributed by atoms with Crippen molar-refractivity contribution in [3.63, 3.8) is 0 Å². The van der Waals surface area contributed by atoms with E-state index in [4.69, 9.17) is 0 Å². The van der Waals surface area contributed by atoms with E-state index < -0.39 is 0 Å². The second-order valence-electron chi connectivity index (χ2n) is 5.12. The molecule has 0 fully saturated rings. The normalized spacial score (nSPS) is 14.0. The Kier molecular flexibility index (Phi) is 4.37. The lowest BCUT2D eigenvalue weighted by Crippen LogP contribution is -1.84. The van der Waals surface area contributed by atoms with Crippen molar-refractivity contribution in [3.05, 3.63) is 55.0 Å². The van der Waals surface area contributed by atoms with Crippen molar-refractivity contribution in [2.75, 3.05) is 0 Å². The van der Waals surface area contributed by atoms with Gasteiger partial charge in [-0.2, -0.15) is 21.0 Å². The fourth-order valence-electron chi connectivity index (χ4n) is 2.42. The molecule has 0 N–H and O–H groups in total. The Morgan fingerprint density at radius 2 is 0.692 bits per heavy atom. The zero-order chi connectivity index (χ0) is 18.3. The zero-order valence-electron chi connectivity index (χ0n) is 12.7. The molecule has 0 unspecified atom stereocenters. The summed E-state index contributed by atoms with van der Waals surface area (Å²) in [4.78, 5) is 3.89. The molecule has 2 aliphatic rings. The fraction of sp³-hybridized carbons (Fsp3) is 0. The first-order valence-corrected chi connectivity index (χ1v) is 10.4. The molecule has 0 saturated heterocycles. The SMILES string of the molecule is N#Cc1cc2c(cc1C#N)SC(=C1Sc3cc(C#N)c(C#N)cc3S1)S2. The number of fused-ring (bicyclic) bond motifs is 2. The Morgan fingerprint density at radius 1 is 0.462 bits per heavy atom. The molecule has 4 nitrogen and oxygen atoms in total. The minimum absolute atomic E-state index is 0.387. The summed E-state index contributed by atoms with van der Waals surface area (Å²) in [5.41, 5.74) is 1.55. The molecule has 0 bridgehead atoms. The number of hydrogen-bond acceptors (Lipinski definition) is 8. The number of nitriles is 4. The number of rotatable bonds is 0. The van der Waals surface area contributed by atoms with Gasteiger partial charge in [-0.15, -0.1) is 0 Å². The second-order valence-corrected chi connectivity index (χ2v) is 9.85. The summed E-state index contributed by atoms with van der Waals surface area (Å²) in [6.07, 6.45) is 0. The van der Waals surface area contributed by atoms with Crippen molar-refractivity contribution in [1.29, 1.82) is 21.0 Å². The van der Waals surface area contributed by atoms with Gasteiger partial charge in [0.25, 0.3) is 0 Å². The van der Waals surface area contributed by atoms with Crippen LogP contribution in [0.1, 0.15) is 22.3 Å². The molecule has 0 spiro atoms. The first-order valence-electron chi connectivity index (χ1n) is 7.09. The van der Waals surface area contributed by atoms with E-state index in [1.54, 1.807) is 71.3 Å². The van der Waals surface area contributed by atoms with Gasteiger partial charge in [-0.25, -0.2) is 0 Å². The van der Waals surface area contributed by atoms with Gasteiger partial charge in [0.05, 0.1) is 30.7 Å². The molecule has 0 aliphatic carbocycles. The molecule has 26 heavy (non-hydrogen) atoms. The molecule has 8 heteroatoms. The van der Waals surface area contributed by atoms with Crippen LogP contribution < -0.4 is 0 Å². The molecule has 120 valence electrons. The number of benzene rings is 2. The van der Waals surface area contributed by atoms with Crippen LogP contribution in [0, 0.1) is 45.3 Å². The molecule has 2 aromatic carbocycles. The van der Waals surface area contributed by atoms with Crippen molar-refractivity contribution in [1.82, 2.24) is 0 Å². The zero-order valence-corrected chi connectivity index (χ0v) is 16.0. The van der Waals surface area contributed by atoms with Crippen LogP contribution in [0.5, 0.6) is 0 Å². The molecule has 0 amide bonds. The van der Waals surface area contributed by atoms with E-state index in [1.165, 1.54) is 0 Å². The van der Waals surface area contributed by atoms with Crippen LogP contribution in [0.25, 0.3) is 0 Å². The quantitative estimate of drug-likeness (QED) is 0.576. The molecule has 0 radical (unpaired) electrons. The maximum Gasteiger partial charge on any atom is 0.101 e. The lowest BCUT2D eigenvalue weighted by Gasteiger charge is -1.98. The van der Waals surface area contributed by atoms with Gasteiger partial charge >= 0.3 is 0 Å². The Balaban J connectivity index is 1.70. The molecule has 0 atom stereocenters. The van der Waals surface area contributed by atoms with Gasteiger partial charge < -0.3 is 0 Å². The van der Waals surface area contributed by atoms with Crippen molar-refractivity contribution in [3.8, 4) is 24.3 Å². The topological polar surface area (TPSA) is 95.2 Å². The molecule has 0 saturated carbocycles. The van der Waals surface area contributed by atoms with E-state index >= 15 is 0 Å². The molecular weight excluding hydrogens is 400 g/mol.